The van der Waals surface area contributed by atoms with E-state index in [-0.39, 0.29) is 76.1 Å². The Labute approximate surface area is 237 Å². The molecule has 0 saturated carbocycles. The van der Waals surface area contributed by atoms with E-state index in [0.29, 0.717) is 5.57 Å². The maximum atomic E-state index is 14.2. The number of hydrogen-bond donors (Lipinski definition) is 0. The standard InChI is InChI=1S/C30H32N2O9/c1-8-12(2)30(38)41-11-19-20-15(23(33)13(3)27(39-6)25(20)35)9-17-22-21-16(10-18(31(22)5)29(37)32(17)19)24(34)14(4)28(40-7)26(21)36/h8,17-19,22H,9-11H2,1-7H3/b12-8-/t17-,18-,19?,22-/m0/s1. The van der Waals surface area contributed by atoms with Gasteiger partial charge in [0.2, 0.25) is 17.5 Å². The van der Waals surface area contributed by atoms with Crippen LogP contribution in [0.25, 0.3) is 0 Å². The van der Waals surface area contributed by atoms with Gasteiger partial charge in [0.15, 0.2) is 23.1 Å². The van der Waals surface area contributed by atoms with E-state index < -0.39 is 47.5 Å². The molecule has 1 saturated heterocycles. The first-order valence-electron chi connectivity index (χ1n) is 13.4. The first-order valence-corrected chi connectivity index (χ1v) is 13.4. The Bertz CT molecular complexity index is 1500. The summed E-state index contributed by atoms with van der Waals surface area (Å²) in [6.07, 6.45) is 1.53. The van der Waals surface area contributed by atoms with Crippen molar-refractivity contribution in [1.29, 1.82) is 0 Å². The number of allylic oxidation sites excluding steroid dienone is 5. The topological polar surface area (TPSA) is 137 Å². The largest absolute Gasteiger partial charge is 0.492 e. The molecule has 4 atom stereocenters. The second kappa shape index (κ2) is 10.1. The van der Waals surface area contributed by atoms with E-state index in [4.69, 9.17) is 14.2 Å². The molecule has 216 valence electrons. The molecule has 2 bridgehead atoms. The van der Waals surface area contributed by atoms with Crippen molar-refractivity contribution >= 4 is 35.0 Å². The molecule has 0 radical (unpaired) electrons. The van der Waals surface area contributed by atoms with Gasteiger partial charge in [-0.3, -0.25) is 28.9 Å². The first kappa shape index (κ1) is 28.4. The highest BCUT2D eigenvalue weighted by molar-refractivity contribution is 6.27. The summed E-state index contributed by atoms with van der Waals surface area (Å²) in [6, 6.07) is -3.48. The van der Waals surface area contributed by atoms with Crippen LogP contribution in [0.15, 0.2) is 56.6 Å². The number of esters is 1. The van der Waals surface area contributed by atoms with E-state index in [1.807, 2.05) is 0 Å². The lowest BCUT2D eigenvalue weighted by Crippen LogP contribution is -2.73. The number of amides is 1. The number of ketones is 4. The second-order valence-corrected chi connectivity index (χ2v) is 10.9. The molecule has 1 amide bonds. The van der Waals surface area contributed by atoms with Crippen molar-refractivity contribution in [3.63, 3.8) is 0 Å². The fraction of sp³-hybridized carbons (Fsp3) is 0.467. The van der Waals surface area contributed by atoms with Gasteiger partial charge in [-0.1, -0.05) is 6.08 Å². The minimum atomic E-state index is -1.10. The van der Waals surface area contributed by atoms with Crippen molar-refractivity contribution in [2.75, 3.05) is 27.9 Å². The molecule has 3 heterocycles. The molecule has 5 aliphatic rings. The van der Waals surface area contributed by atoms with E-state index in [0.717, 1.165) is 0 Å². The van der Waals surface area contributed by atoms with Crippen LogP contribution in [-0.2, 0) is 43.0 Å². The van der Waals surface area contributed by atoms with Crippen molar-refractivity contribution < 1.29 is 43.0 Å². The quantitative estimate of drug-likeness (QED) is 0.273. The number of piperazine rings is 1. The summed E-state index contributed by atoms with van der Waals surface area (Å²) in [5, 5.41) is 0. The van der Waals surface area contributed by atoms with Gasteiger partial charge in [-0.05, 0) is 41.2 Å². The van der Waals surface area contributed by atoms with Gasteiger partial charge in [0.05, 0.1) is 38.4 Å². The summed E-state index contributed by atoms with van der Waals surface area (Å²) >= 11 is 0. The molecule has 1 fully saturated rings. The van der Waals surface area contributed by atoms with Crippen molar-refractivity contribution in [2.45, 2.75) is 64.7 Å². The molecule has 2 aliphatic carbocycles. The minimum absolute atomic E-state index is 0.00536. The average Bonchev–Trinajstić information content (AvgIpc) is 2.95. The number of rotatable bonds is 5. The molecule has 3 aliphatic heterocycles. The molecule has 0 aromatic carbocycles. The van der Waals surface area contributed by atoms with Crippen molar-refractivity contribution in [2.24, 2.45) is 0 Å². The molecule has 0 N–H and O–H groups in total. The summed E-state index contributed by atoms with van der Waals surface area (Å²) in [6.45, 7) is 5.89. The Morgan fingerprint density at radius 3 is 1.95 bits per heavy atom. The number of carbonyl (C=O) groups excluding carboxylic acids is 6. The smallest absolute Gasteiger partial charge is 0.333 e. The zero-order valence-corrected chi connectivity index (χ0v) is 24.1. The van der Waals surface area contributed by atoms with E-state index in [1.54, 1.807) is 31.9 Å². The third-order valence-corrected chi connectivity index (χ3v) is 8.97. The van der Waals surface area contributed by atoms with Gasteiger partial charge >= 0.3 is 5.97 Å². The third-order valence-electron chi connectivity index (χ3n) is 8.97. The Balaban J connectivity index is 1.68. The van der Waals surface area contributed by atoms with Crippen LogP contribution in [0, 0.1) is 0 Å². The Hall–Kier alpha value is -4.12. The zero-order chi connectivity index (χ0) is 30.1. The van der Waals surface area contributed by atoms with Crippen LogP contribution in [0.3, 0.4) is 0 Å². The van der Waals surface area contributed by atoms with Gasteiger partial charge in [-0.25, -0.2) is 4.79 Å². The first-order chi connectivity index (χ1) is 19.4. The maximum Gasteiger partial charge on any atom is 0.333 e. The fourth-order valence-corrected chi connectivity index (χ4v) is 6.77. The van der Waals surface area contributed by atoms with Gasteiger partial charge < -0.3 is 19.1 Å². The lowest BCUT2D eigenvalue weighted by molar-refractivity contribution is -0.159. The number of hydrogen-bond acceptors (Lipinski definition) is 10. The predicted octanol–water partition coefficient (Wildman–Crippen LogP) is 1.29. The second-order valence-electron chi connectivity index (χ2n) is 10.9. The molecule has 0 aromatic heterocycles. The highest BCUT2D eigenvalue weighted by Crippen LogP contribution is 2.47. The molecule has 5 rings (SSSR count). The average molecular weight is 565 g/mol. The van der Waals surface area contributed by atoms with Crippen LogP contribution in [0.5, 0.6) is 0 Å². The lowest BCUT2D eigenvalue weighted by Gasteiger charge is -2.57. The van der Waals surface area contributed by atoms with Crippen molar-refractivity contribution in [1.82, 2.24) is 9.80 Å². The highest BCUT2D eigenvalue weighted by Gasteiger charge is 2.59. The number of fused-ring (bicyclic) bond motifs is 5. The molecule has 0 aromatic rings. The molecule has 0 spiro atoms. The summed E-state index contributed by atoms with van der Waals surface area (Å²) in [5.74, 6) is -2.97. The van der Waals surface area contributed by atoms with Crippen LogP contribution in [-0.4, -0.2) is 96.9 Å². The van der Waals surface area contributed by atoms with Gasteiger partial charge in [0.1, 0.15) is 6.61 Å². The van der Waals surface area contributed by atoms with Crippen LogP contribution in [0.2, 0.25) is 0 Å². The van der Waals surface area contributed by atoms with Crippen LogP contribution in [0.4, 0.5) is 0 Å². The summed E-state index contributed by atoms with van der Waals surface area (Å²) in [5.41, 5.74) is 1.37. The number of nitrogens with zero attached hydrogens (tertiary/aromatic N) is 2. The maximum absolute atomic E-state index is 14.2. The highest BCUT2D eigenvalue weighted by atomic mass is 16.5. The van der Waals surface area contributed by atoms with Gasteiger partial charge in [-0.2, -0.15) is 0 Å². The van der Waals surface area contributed by atoms with Crippen LogP contribution in [0.1, 0.15) is 40.5 Å². The molecule has 11 heteroatoms. The van der Waals surface area contributed by atoms with Crippen LogP contribution >= 0.6 is 0 Å². The van der Waals surface area contributed by atoms with Gasteiger partial charge in [0, 0.05) is 45.4 Å². The van der Waals surface area contributed by atoms with E-state index >= 15 is 0 Å². The van der Waals surface area contributed by atoms with E-state index in [9.17, 15) is 28.8 Å². The summed E-state index contributed by atoms with van der Waals surface area (Å²) in [4.78, 5) is 84.5. The number of Topliss-reactive ketones (excluding diaryl/α,β-unsaturated/α-hetero) is 4. The predicted molar refractivity (Wildman–Crippen MR) is 143 cm³/mol. The number of likely N-dealkylation sites (N-methyl/N-ethyl adjacent to an activating group) is 1. The number of carbonyl (C=O) groups is 6. The zero-order valence-electron chi connectivity index (χ0n) is 24.1. The Morgan fingerprint density at radius 2 is 1.41 bits per heavy atom. The van der Waals surface area contributed by atoms with E-state index in [1.165, 1.54) is 33.0 Å². The Morgan fingerprint density at radius 1 is 0.878 bits per heavy atom. The SMILES string of the molecule is C/C=C(/C)C(=O)OCC1C2=C(C[C@H]3[C@H]4C5=C(C[C@@H](C(=O)N13)N4C)C(=O)C(C)=C(OC)C5=O)C(=O)C(C)=C(OC)C2=O. The van der Waals surface area contributed by atoms with Crippen molar-refractivity contribution in [3.8, 4) is 0 Å². The molecular formula is C30H32N2O9. The number of methoxy groups -OCH3 is 2. The molecule has 1 unspecified atom stereocenters. The molecule has 11 nitrogen and oxygen atoms in total. The number of ether oxygens (including phenoxy) is 3. The van der Waals surface area contributed by atoms with E-state index in [2.05, 4.69) is 0 Å². The Kier molecular flexibility index (Phi) is 6.97. The third kappa shape index (κ3) is 3.89. The summed E-state index contributed by atoms with van der Waals surface area (Å²) < 4.78 is 16.2. The summed E-state index contributed by atoms with van der Waals surface area (Å²) in [7, 11) is 4.32. The van der Waals surface area contributed by atoms with Crippen molar-refractivity contribution in [3.05, 3.63) is 56.6 Å². The normalized spacial score (nSPS) is 28.7. The van der Waals surface area contributed by atoms with Crippen LogP contribution < -0.4 is 0 Å². The fourth-order valence-electron chi connectivity index (χ4n) is 6.77. The van der Waals surface area contributed by atoms with Gasteiger partial charge in [0.25, 0.3) is 0 Å². The minimum Gasteiger partial charge on any atom is -0.492 e. The molecule has 41 heavy (non-hydrogen) atoms. The lowest BCUT2D eigenvalue weighted by atomic mass is 9.69. The molecular weight excluding hydrogens is 532 g/mol. The monoisotopic (exact) mass is 564 g/mol. The van der Waals surface area contributed by atoms with Gasteiger partial charge in [-0.15, -0.1) is 0 Å².